The van der Waals surface area contributed by atoms with Crippen molar-refractivity contribution in [3.8, 4) is 5.75 Å². The summed E-state index contributed by atoms with van der Waals surface area (Å²) in [5.74, 6) is 0.242. The summed E-state index contributed by atoms with van der Waals surface area (Å²) < 4.78 is 10.6. The summed E-state index contributed by atoms with van der Waals surface area (Å²) >= 11 is 0. The van der Waals surface area contributed by atoms with Gasteiger partial charge < -0.3 is 9.47 Å². The number of hydrogen-bond donors (Lipinski definition) is 2. The first-order valence-electron chi connectivity index (χ1n) is 9.06. The molecule has 1 unspecified atom stereocenters. The molecular weight excluding hydrogens is 350 g/mol. The van der Waals surface area contributed by atoms with Gasteiger partial charge in [0, 0.05) is 0 Å². The van der Waals surface area contributed by atoms with Gasteiger partial charge in [0.2, 0.25) is 0 Å². The van der Waals surface area contributed by atoms with Gasteiger partial charge in [-0.3, -0.25) is 20.0 Å². The molecule has 1 atom stereocenters. The van der Waals surface area contributed by atoms with Crippen LogP contribution in [0.15, 0.2) is 36.4 Å². The molecule has 7 heteroatoms. The molecule has 7 nitrogen and oxygen atoms in total. The molecule has 0 aliphatic carbocycles. The molecule has 0 aromatic heterocycles. The Balaban J connectivity index is 1.75. The van der Waals surface area contributed by atoms with Crippen molar-refractivity contribution in [2.75, 3.05) is 20.3 Å². The lowest BCUT2D eigenvalue weighted by molar-refractivity contribution is -0.492. The minimum Gasteiger partial charge on any atom is -0.497 e. The number of unbranched alkanes of at least 4 members (excludes halogenated alkanes) is 3. The van der Waals surface area contributed by atoms with Crippen molar-refractivity contribution in [3.63, 3.8) is 0 Å². The maximum Gasteiger partial charge on any atom is 0.313 e. The number of nitrogens with zero attached hydrogens (tertiary/aromatic N) is 1. The van der Waals surface area contributed by atoms with E-state index in [2.05, 4.69) is 4.84 Å². The van der Waals surface area contributed by atoms with Crippen molar-refractivity contribution in [1.82, 2.24) is 5.39 Å². The topological polar surface area (TPSA) is 88.5 Å². The first-order valence-corrected chi connectivity index (χ1v) is 9.06. The van der Waals surface area contributed by atoms with Gasteiger partial charge in [-0.2, -0.15) is 0 Å². The molecule has 0 amide bonds. The van der Waals surface area contributed by atoms with Crippen LogP contribution in [0.4, 0.5) is 0 Å². The lowest BCUT2D eigenvalue weighted by Crippen LogP contribution is -2.15. The van der Waals surface area contributed by atoms with E-state index in [1.807, 2.05) is 43.3 Å². The Labute approximate surface area is 158 Å². The zero-order valence-corrected chi connectivity index (χ0v) is 15.8. The number of hydrogen-bond acceptors (Lipinski definition) is 7. The van der Waals surface area contributed by atoms with Crippen LogP contribution in [0.1, 0.15) is 44.1 Å². The molecule has 27 heavy (non-hydrogen) atoms. The molecule has 0 saturated heterocycles. The fraction of sp³-hybridized carbons (Fsp3) is 0.450. The van der Waals surface area contributed by atoms with Gasteiger partial charge >= 0.3 is 5.97 Å². The van der Waals surface area contributed by atoms with Crippen LogP contribution in [-0.2, 0) is 14.4 Å². The van der Waals surface area contributed by atoms with Crippen LogP contribution in [0.3, 0.4) is 0 Å². The zero-order chi connectivity index (χ0) is 19.6. The van der Waals surface area contributed by atoms with E-state index in [1.54, 1.807) is 7.11 Å². The van der Waals surface area contributed by atoms with Crippen LogP contribution in [0.5, 0.6) is 5.75 Å². The van der Waals surface area contributed by atoms with Gasteiger partial charge in [-0.05, 0) is 54.7 Å². The molecular formula is C20H27NO6. The van der Waals surface area contributed by atoms with E-state index in [0.717, 1.165) is 41.3 Å². The van der Waals surface area contributed by atoms with Crippen molar-refractivity contribution in [3.05, 3.63) is 42.0 Å². The van der Waals surface area contributed by atoms with Crippen LogP contribution in [0.2, 0.25) is 0 Å². The van der Waals surface area contributed by atoms with E-state index in [0.29, 0.717) is 13.0 Å². The van der Waals surface area contributed by atoms with Crippen LogP contribution < -0.4 is 4.74 Å². The molecule has 2 aromatic rings. The van der Waals surface area contributed by atoms with Gasteiger partial charge in [0.15, 0.2) is 0 Å². The smallest absolute Gasteiger partial charge is 0.313 e. The average molecular weight is 377 g/mol. The quantitative estimate of drug-likeness (QED) is 0.347. The molecule has 2 rings (SSSR count). The normalized spacial score (nSPS) is 12.3. The summed E-state index contributed by atoms with van der Waals surface area (Å²) in [5.41, 5.74) is 0.923. The minimum atomic E-state index is -0.329. The second-order valence-electron chi connectivity index (χ2n) is 6.36. The fourth-order valence-electron chi connectivity index (χ4n) is 2.78. The van der Waals surface area contributed by atoms with Crippen molar-refractivity contribution < 1.29 is 29.5 Å². The van der Waals surface area contributed by atoms with E-state index in [9.17, 15) is 4.79 Å². The summed E-state index contributed by atoms with van der Waals surface area (Å²) in [6.45, 7) is 2.46. The molecule has 0 fully saturated rings. The SMILES string of the molecule is COc1ccc2cc(C(C)C(=O)OCCCCCCON(O)O)ccc2c1. The van der Waals surface area contributed by atoms with Gasteiger partial charge in [0.1, 0.15) is 5.75 Å². The van der Waals surface area contributed by atoms with E-state index >= 15 is 0 Å². The molecule has 0 aliphatic rings. The molecule has 2 aromatic carbocycles. The third-order valence-electron chi connectivity index (χ3n) is 4.41. The number of ether oxygens (including phenoxy) is 2. The highest BCUT2D eigenvalue weighted by Crippen LogP contribution is 2.25. The molecule has 148 valence electrons. The van der Waals surface area contributed by atoms with E-state index < -0.39 is 0 Å². The Bertz CT molecular complexity index is 733. The summed E-state index contributed by atoms with van der Waals surface area (Å²) in [5, 5.41) is 18.6. The van der Waals surface area contributed by atoms with Crippen LogP contribution in [0.25, 0.3) is 10.8 Å². The fourth-order valence-corrected chi connectivity index (χ4v) is 2.78. The number of esters is 1. The van der Waals surface area contributed by atoms with Gasteiger partial charge in [-0.1, -0.05) is 30.7 Å². The third-order valence-corrected chi connectivity index (χ3v) is 4.41. The Morgan fingerprint density at radius 3 is 2.37 bits per heavy atom. The third kappa shape index (κ3) is 6.80. The summed E-state index contributed by atoms with van der Waals surface area (Å²) in [4.78, 5) is 16.7. The highest BCUT2D eigenvalue weighted by atomic mass is 17.1. The maximum atomic E-state index is 12.3. The van der Waals surface area contributed by atoms with Crippen molar-refractivity contribution >= 4 is 16.7 Å². The molecule has 0 heterocycles. The summed E-state index contributed by atoms with van der Waals surface area (Å²) in [6, 6.07) is 11.8. The number of fused-ring (bicyclic) bond motifs is 1. The lowest BCUT2D eigenvalue weighted by Gasteiger charge is -2.13. The highest BCUT2D eigenvalue weighted by Gasteiger charge is 2.17. The molecule has 0 saturated carbocycles. The van der Waals surface area contributed by atoms with Gasteiger partial charge in [-0.25, -0.2) is 0 Å². The van der Waals surface area contributed by atoms with Gasteiger partial charge in [-0.15, -0.1) is 0 Å². The number of benzene rings is 2. The Hall–Kier alpha value is -2.19. The van der Waals surface area contributed by atoms with E-state index in [-0.39, 0.29) is 23.9 Å². The van der Waals surface area contributed by atoms with E-state index in [1.165, 1.54) is 0 Å². The first-order chi connectivity index (χ1) is 13.0. The second kappa shape index (κ2) is 10.8. The molecule has 0 aliphatic heterocycles. The van der Waals surface area contributed by atoms with Crippen LogP contribution in [-0.4, -0.2) is 42.1 Å². The van der Waals surface area contributed by atoms with Crippen LogP contribution in [0, 0.1) is 0 Å². The predicted octanol–water partition coefficient (Wildman–Crippen LogP) is 4.07. The number of rotatable bonds is 11. The summed E-state index contributed by atoms with van der Waals surface area (Å²) in [7, 11) is 1.64. The first kappa shape index (κ1) is 21.1. The average Bonchev–Trinajstić information content (AvgIpc) is 2.68. The van der Waals surface area contributed by atoms with Gasteiger partial charge in [0.05, 0.1) is 31.6 Å². The Morgan fingerprint density at radius 2 is 1.67 bits per heavy atom. The monoisotopic (exact) mass is 377 g/mol. The van der Waals surface area contributed by atoms with E-state index in [4.69, 9.17) is 19.9 Å². The molecule has 0 bridgehead atoms. The van der Waals surface area contributed by atoms with Gasteiger partial charge in [0.25, 0.3) is 0 Å². The van der Waals surface area contributed by atoms with Crippen LogP contribution >= 0.6 is 0 Å². The second-order valence-corrected chi connectivity index (χ2v) is 6.36. The standard InChI is InChI=1S/C20H27NO6/c1-15(20(22)26-11-5-3-4-6-12-27-21(23)24)16-7-8-18-14-19(25-2)10-9-17(18)13-16/h7-10,13-15,23-24H,3-6,11-12H2,1-2H3. The summed E-state index contributed by atoms with van der Waals surface area (Å²) in [6.07, 6.45) is 3.19. The molecule has 2 N–H and O–H groups in total. The predicted molar refractivity (Wildman–Crippen MR) is 99.7 cm³/mol. The minimum absolute atomic E-state index is 0.234. The van der Waals surface area contributed by atoms with Crippen molar-refractivity contribution in [2.45, 2.75) is 38.5 Å². The Kier molecular flexibility index (Phi) is 8.47. The number of carbonyl (C=O) groups is 1. The van der Waals surface area contributed by atoms with Crippen molar-refractivity contribution in [2.24, 2.45) is 0 Å². The number of carbonyl (C=O) groups excluding carboxylic acids is 1. The van der Waals surface area contributed by atoms with Crippen molar-refractivity contribution in [1.29, 1.82) is 0 Å². The zero-order valence-electron chi connectivity index (χ0n) is 15.8. The highest BCUT2D eigenvalue weighted by molar-refractivity contribution is 5.86. The molecule has 0 radical (unpaired) electrons. The Morgan fingerprint density at radius 1 is 1.00 bits per heavy atom. The largest absolute Gasteiger partial charge is 0.497 e. The lowest BCUT2D eigenvalue weighted by atomic mass is 9.98. The number of methoxy groups -OCH3 is 1. The molecule has 0 spiro atoms. The maximum absolute atomic E-state index is 12.3.